The van der Waals surface area contributed by atoms with Crippen molar-refractivity contribution in [2.45, 2.75) is 11.8 Å². The molecule has 0 aliphatic rings. The Morgan fingerprint density at radius 3 is 2.39 bits per heavy atom. The molecule has 0 aliphatic heterocycles. The molecule has 0 radical (unpaired) electrons. The lowest BCUT2D eigenvalue weighted by Gasteiger charge is -2.04. The molecular formula is C15H14O2S. The fourth-order valence-electron chi connectivity index (χ4n) is 1.44. The number of esters is 1. The Kier molecular flexibility index (Phi) is 4.42. The van der Waals surface area contributed by atoms with E-state index in [2.05, 4.69) is 0 Å². The van der Waals surface area contributed by atoms with Crippen LogP contribution >= 0.6 is 11.8 Å². The highest BCUT2D eigenvalue weighted by Crippen LogP contribution is 2.18. The lowest BCUT2D eigenvalue weighted by molar-refractivity contribution is 0.0579. The Balaban J connectivity index is 1.82. The Labute approximate surface area is 111 Å². The minimum atomic E-state index is -0.282. The summed E-state index contributed by atoms with van der Waals surface area (Å²) >= 11 is 1.51. The molecule has 0 N–H and O–H groups in total. The van der Waals surface area contributed by atoms with Crippen molar-refractivity contribution >= 4 is 17.7 Å². The molecule has 3 heteroatoms. The van der Waals surface area contributed by atoms with E-state index in [9.17, 15) is 4.79 Å². The van der Waals surface area contributed by atoms with Crippen LogP contribution in [0.3, 0.4) is 0 Å². The third kappa shape index (κ3) is 3.64. The zero-order chi connectivity index (χ0) is 12.8. The van der Waals surface area contributed by atoms with Gasteiger partial charge in [0.05, 0.1) is 5.56 Å². The van der Waals surface area contributed by atoms with Crippen molar-refractivity contribution in [1.82, 2.24) is 0 Å². The van der Waals surface area contributed by atoms with Crippen LogP contribution in [0.1, 0.15) is 15.9 Å². The number of hydrogen-bond donors (Lipinski definition) is 0. The van der Waals surface area contributed by atoms with Crippen LogP contribution < -0.4 is 0 Å². The number of thioether (sulfide) groups is 1. The van der Waals surface area contributed by atoms with Crippen LogP contribution in [0.2, 0.25) is 0 Å². The van der Waals surface area contributed by atoms with Gasteiger partial charge in [0.2, 0.25) is 0 Å². The van der Waals surface area contributed by atoms with Crippen molar-refractivity contribution in [3.8, 4) is 0 Å². The minimum Gasteiger partial charge on any atom is -0.451 e. The van der Waals surface area contributed by atoms with E-state index in [0.717, 1.165) is 4.90 Å². The highest BCUT2D eigenvalue weighted by molar-refractivity contribution is 7.99. The second-order valence-electron chi connectivity index (χ2n) is 3.87. The van der Waals surface area contributed by atoms with Crippen molar-refractivity contribution in [3.63, 3.8) is 0 Å². The smallest absolute Gasteiger partial charge is 0.338 e. The van der Waals surface area contributed by atoms with Crippen LogP contribution in [0.25, 0.3) is 0 Å². The molecule has 0 heterocycles. The van der Waals surface area contributed by atoms with E-state index in [4.69, 9.17) is 4.74 Å². The van der Waals surface area contributed by atoms with Gasteiger partial charge in [-0.05, 0) is 31.2 Å². The first-order valence-electron chi connectivity index (χ1n) is 5.67. The summed E-state index contributed by atoms with van der Waals surface area (Å²) in [6.45, 7) is 2.05. The molecule has 0 aliphatic carbocycles. The minimum absolute atomic E-state index is 0.282. The van der Waals surface area contributed by atoms with Gasteiger partial charge in [-0.2, -0.15) is 0 Å². The summed E-state index contributed by atoms with van der Waals surface area (Å²) in [4.78, 5) is 12.8. The van der Waals surface area contributed by atoms with Gasteiger partial charge in [-0.1, -0.05) is 47.7 Å². The molecule has 2 aromatic rings. The molecule has 2 rings (SSSR count). The van der Waals surface area contributed by atoms with Gasteiger partial charge in [0.1, 0.15) is 5.94 Å². The molecule has 0 unspecified atom stereocenters. The Morgan fingerprint density at radius 2 is 1.72 bits per heavy atom. The van der Waals surface area contributed by atoms with E-state index in [0.29, 0.717) is 11.5 Å². The maximum atomic E-state index is 11.7. The lowest BCUT2D eigenvalue weighted by atomic mass is 10.2. The molecule has 0 aromatic heterocycles. The number of hydrogen-bond acceptors (Lipinski definition) is 3. The van der Waals surface area contributed by atoms with Crippen LogP contribution in [-0.4, -0.2) is 11.9 Å². The maximum Gasteiger partial charge on any atom is 0.338 e. The van der Waals surface area contributed by atoms with E-state index in [1.165, 1.54) is 17.3 Å². The molecule has 2 aromatic carbocycles. The number of carbonyl (C=O) groups excluding carboxylic acids is 1. The summed E-state index contributed by atoms with van der Waals surface area (Å²) in [6, 6.07) is 17.2. The van der Waals surface area contributed by atoms with Gasteiger partial charge in [-0.25, -0.2) is 4.79 Å². The summed E-state index contributed by atoms with van der Waals surface area (Å²) in [5.41, 5.74) is 1.81. The average Bonchev–Trinajstić information content (AvgIpc) is 2.42. The first-order chi connectivity index (χ1) is 8.75. The molecule has 2 nitrogen and oxygen atoms in total. The largest absolute Gasteiger partial charge is 0.451 e. The van der Waals surface area contributed by atoms with Crippen LogP contribution in [0.5, 0.6) is 0 Å². The van der Waals surface area contributed by atoms with Gasteiger partial charge in [0.25, 0.3) is 0 Å². The Morgan fingerprint density at radius 1 is 1.06 bits per heavy atom. The predicted octanol–water partition coefficient (Wildman–Crippen LogP) is 3.90. The SMILES string of the molecule is Cc1ccc(SCOC(=O)c2ccccc2)cc1. The molecule has 0 amide bonds. The summed E-state index contributed by atoms with van der Waals surface area (Å²) in [5.74, 6) is 0.0479. The molecular weight excluding hydrogens is 244 g/mol. The molecule has 0 spiro atoms. The van der Waals surface area contributed by atoms with Crippen LogP contribution in [0.15, 0.2) is 59.5 Å². The number of carbonyl (C=O) groups is 1. The summed E-state index contributed by atoms with van der Waals surface area (Å²) < 4.78 is 5.19. The summed E-state index contributed by atoms with van der Waals surface area (Å²) in [5, 5.41) is 0. The highest BCUT2D eigenvalue weighted by atomic mass is 32.2. The lowest BCUT2D eigenvalue weighted by Crippen LogP contribution is -2.04. The summed E-state index contributed by atoms with van der Waals surface area (Å²) in [7, 11) is 0. The van der Waals surface area contributed by atoms with E-state index < -0.39 is 0 Å². The van der Waals surface area contributed by atoms with Crippen LogP contribution in [-0.2, 0) is 4.74 Å². The first kappa shape index (κ1) is 12.7. The molecule has 92 valence electrons. The third-order valence-corrected chi connectivity index (χ3v) is 3.29. The van der Waals surface area contributed by atoms with Crippen molar-refractivity contribution in [1.29, 1.82) is 0 Å². The van der Waals surface area contributed by atoms with Crippen molar-refractivity contribution in [2.75, 3.05) is 5.94 Å². The van der Waals surface area contributed by atoms with Gasteiger partial charge in [-0.15, -0.1) is 0 Å². The third-order valence-electron chi connectivity index (χ3n) is 2.45. The van der Waals surface area contributed by atoms with Gasteiger partial charge in [0, 0.05) is 4.90 Å². The molecule has 0 saturated heterocycles. The van der Waals surface area contributed by atoms with E-state index in [1.54, 1.807) is 12.1 Å². The van der Waals surface area contributed by atoms with E-state index in [1.807, 2.05) is 49.4 Å². The molecule has 0 atom stereocenters. The number of ether oxygens (including phenoxy) is 1. The van der Waals surface area contributed by atoms with Crippen molar-refractivity contribution < 1.29 is 9.53 Å². The van der Waals surface area contributed by atoms with E-state index in [-0.39, 0.29) is 5.97 Å². The fourth-order valence-corrected chi connectivity index (χ4v) is 2.07. The summed E-state index contributed by atoms with van der Waals surface area (Å²) in [6.07, 6.45) is 0. The fraction of sp³-hybridized carbons (Fsp3) is 0.133. The monoisotopic (exact) mass is 258 g/mol. The molecule has 0 bridgehead atoms. The second-order valence-corrected chi connectivity index (χ2v) is 4.87. The second kappa shape index (κ2) is 6.26. The van der Waals surface area contributed by atoms with Crippen LogP contribution in [0, 0.1) is 6.92 Å². The predicted molar refractivity (Wildman–Crippen MR) is 73.8 cm³/mol. The Bertz CT molecular complexity index is 506. The molecule has 18 heavy (non-hydrogen) atoms. The molecule has 0 saturated carbocycles. The highest BCUT2D eigenvalue weighted by Gasteiger charge is 2.05. The Hall–Kier alpha value is -1.74. The number of benzene rings is 2. The number of rotatable bonds is 4. The topological polar surface area (TPSA) is 26.3 Å². The molecule has 0 fully saturated rings. The maximum absolute atomic E-state index is 11.7. The standard InChI is InChI=1S/C15H14O2S/c1-12-7-9-14(10-8-12)18-11-17-15(16)13-5-3-2-4-6-13/h2-10H,11H2,1H3. The van der Waals surface area contributed by atoms with E-state index >= 15 is 0 Å². The quantitative estimate of drug-likeness (QED) is 0.472. The van der Waals surface area contributed by atoms with Gasteiger partial charge >= 0.3 is 5.97 Å². The zero-order valence-corrected chi connectivity index (χ0v) is 10.9. The van der Waals surface area contributed by atoms with Crippen molar-refractivity contribution in [2.24, 2.45) is 0 Å². The van der Waals surface area contributed by atoms with Crippen LogP contribution in [0.4, 0.5) is 0 Å². The average molecular weight is 258 g/mol. The van der Waals surface area contributed by atoms with Gasteiger partial charge < -0.3 is 4.74 Å². The normalized spacial score (nSPS) is 10.1. The van der Waals surface area contributed by atoms with Gasteiger partial charge in [-0.3, -0.25) is 0 Å². The number of aryl methyl sites for hydroxylation is 1. The first-order valence-corrected chi connectivity index (χ1v) is 6.66. The van der Waals surface area contributed by atoms with Crippen molar-refractivity contribution in [3.05, 3.63) is 65.7 Å². The zero-order valence-electron chi connectivity index (χ0n) is 10.1. The van der Waals surface area contributed by atoms with Gasteiger partial charge in [0.15, 0.2) is 0 Å².